The lowest BCUT2D eigenvalue weighted by Crippen LogP contribution is -2.10. The van der Waals surface area contributed by atoms with Gasteiger partial charge in [-0.15, -0.1) is 5.10 Å². The molecule has 0 radical (unpaired) electrons. The van der Waals surface area contributed by atoms with Crippen LogP contribution in [0.2, 0.25) is 0 Å². The van der Waals surface area contributed by atoms with Crippen molar-refractivity contribution in [1.82, 2.24) is 14.6 Å². The Balaban J connectivity index is 1.92. The quantitative estimate of drug-likeness (QED) is 0.764. The first kappa shape index (κ1) is 10.8. The number of hydrogen-bond donors (Lipinski definition) is 1. The number of aromatic nitrogens is 3. The SMILES string of the molecule is O=C(Nc1cnns1)c1ccc2ncccc2c1. The lowest BCUT2D eigenvalue weighted by Gasteiger charge is -2.03. The second-order valence-electron chi connectivity index (χ2n) is 3.65. The molecule has 0 unspecified atom stereocenters. The van der Waals surface area contributed by atoms with E-state index in [4.69, 9.17) is 0 Å². The molecule has 1 N–H and O–H groups in total. The standard InChI is InChI=1S/C12H8N4OS/c17-12(15-11-7-14-16-18-11)9-3-4-10-8(6-9)2-1-5-13-10/h1-7H,(H,15,17). The van der Waals surface area contributed by atoms with Crippen molar-refractivity contribution in [1.29, 1.82) is 0 Å². The normalized spacial score (nSPS) is 10.4. The van der Waals surface area contributed by atoms with Crippen LogP contribution in [0.1, 0.15) is 10.4 Å². The minimum Gasteiger partial charge on any atom is -0.311 e. The van der Waals surface area contributed by atoms with Crippen LogP contribution in [0, 0.1) is 0 Å². The summed E-state index contributed by atoms with van der Waals surface area (Å²) >= 11 is 1.14. The molecule has 1 aromatic carbocycles. The van der Waals surface area contributed by atoms with Crippen LogP contribution in [-0.4, -0.2) is 20.5 Å². The highest BCUT2D eigenvalue weighted by Crippen LogP contribution is 2.16. The number of amides is 1. The Morgan fingerprint density at radius 3 is 3.06 bits per heavy atom. The number of hydrogen-bond acceptors (Lipinski definition) is 5. The summed E-state index contributed by atoms with van der Waals surface area (Å²) < 4.78 is 3.69. The van der Waals surface area contributed by atoms with Crippen molar-refractivity contribution in [3.05, 3.63) is 48.3 Å². The summed E-state index contributed by atoms with van der Waals surface area (Å²) in [4.78, 5) is 16.2. The van der Waals surface area contributed by atoms with E-state index in [9.17, 15) is 4.79 Å². The fourth-order valence-electron chi connectivity index (χ4n) is 1.62. The van der Waals surface area contributed by atoms with Gasteiger partial charge < -0.3 is 5.32 Å². The smallest absolute Gasteiger partial charge is 0.256 e. The number of rotatable bonds is 2. The third kappa shape index (κ3) is 2.05. The molecule has 0 fully saturated rings. The maximum Gasteiger partial charge on any atom is 0.256 e. The molecule has 6 heteroatoms. The van der Waals surface area contributed by atoms with Gasteiger partial charge >= 0.3 is 0 Å². The zero-order valence-electron chi connectivity index (χ0n) is 9.20. The molecule has 3 aromatic rings. The van der Waals surface area contributed by atoms with Crippen molar-refractivity contribution in [2.24, 2.45) is 0 Å². The van der Waals surface area contributed by atoms with Gasteiger partial charge in [0.05, 0.1) is 11.7 Å². The van der Waals surface area contributed by atoms with E-state index in [1.807, 2.05) is 24.3 Å². The summed E-state index contributed by atoms with van der Waals surface area (Å²) in [6.45, 7) is 0. The van der Waals surface area contributed by atoms with Gasteiger partial charge in [-0.25, -0.2) is 0 Å². The van der Waals surface area contributed by atoms with Crippen LogP contribution in [0.4, 0.5) is 5.00 Å². The minimum atomic E-state index is -0.174. The molecule has 0 saturated heterocycles. The number of nitrogens with zero attached hydrogens (tertiary/aromatic N) is 3. The topological polar surface area (TPSA) is 67.8 Å². The summed E-state index contributed by atoms with van der Waals surface area (Å²) in [6, 6.07) is 9.16. The molecular weight excluding hydrogens is 248 g/mol. The van der Waals surface area contributed by atoms with Gasteiger partial charge in [0.2, 0.25) is 0 Å². The van der Waals surface area contributed by atoms with E-state index < -0.39 is 0 Å². The third-order valence-corrected chi connectivity index (χ3v) is 3.04. The largest absolute Gasteiger partial charge is 0.311 e. The van der Waals surface area contributed by atoms with E-state index >= 15 is 0 Å². The van der Waals surface area contributed by atoms with Crippen LogP contribution < -0.4 is 5.32 Å². The third-order valence-electron chi connectivity index (χ3n) is 2.46. The van der Waals surface area contributed by atoms with Crippen LogP contribution in [0.3, 0.4) is 0 Å². The molecule has 3 rings (SSSR count). The molecule has 0 aliphatic rings. The van der Waals surface area contributed by atoms with E-state index in [0.717, 1.165) is 22.4 Å². The molecule has 5 nitrogen and oxygen atoms in total. The highest BCUT2D eigenvalue weighted by atomic mass is 32.1. The zero-order chi connectivity index (χ0) is 12.4. The number of carbonyl (C=O) groups excluding carboxylic acids is 1. The van der Waals surface area contributed by atoms with Gasteiger partial charge in [0.15, 0.2) is 0 Å². The van der Waals surface area contributed by atoms with E-state index in [0.29, 0.717) is 10.6 Å². The molecule has 0 saturated carbocycles. The zero-order valence-corrected chi connectivity index (χ0v) is 10.0. The lowest BCUT2D eigenvalue weighted by atomic mass is 10.1. The van der Waals surface area contributed by atoms with Crippen molar-refractivity contribution in [3.63, 3.8) is 0 Å². The fourth-order valence-corrected chi connectivity index (χ4v) is 2.04. The average Bonchev–Trinajstić information content (AvgIpc) is 2.91. The van der Waals surface area contributed by atoms with Gasteiger partial charge in [0.25, 0.3) is 5.91 Å². The molecule has 0 spiro atoms. The van der Waals surface area contributed by atoms with Crippen LogP contribution in [0.15, 0.2) is 42.7 Å². The highest BCUT2D eigenvalue weighted by Gasteiger charge is 2.08. The Bertz CT molecular complexity index is 696. The first-order valence-electron chi connectivity index (χ1n) is 5.26. The van der Waals surface area contributed by atoms with Crippen molar-refractivity contribution in [2.45, 2.75) is 0 Å². The van der Waals surface area contributed by atoms with Crippen LogP contribution in [-0.2, 0) is 0 Å². The molecule has 18 heavy (non-hydrogen) atoms. The summed E-state index contributed by atoms with van der Waals surface area (Å²) in [5, 5.41) is 7.97. The predicted octanol–water partition coefficient (Wildman–Crippen LogP) is 2.34. The molecule has 0 bridgehead atoms. The Labute approximate surface area is 107 Å². The number of carbonyl (C=O) groups is 1. The van der Waals surface area contributed by atoms with Gasteiger partial charge in [-0.3, -0.25) is 9.78 Å². The predicted molar refractivity (Wildman–Crippen MR) is 69.6 cm³/mol. The van der Waals surface area contributed by atoms with E-state index in [1.54, 1.807) is 12.3 Å². The number of anilines is 1. The summed E-state index contributed by atoms with van der Waals surface area (Å²) in [7, 11) is 0. The van der Waals surface area contributed by atoms with Gasteiger partial charge in [-0.2, -0.15) is 0 Å². The molecule has 2 aromatic heterocycles. The first-order chi connectivity index (χ1) is 8.83. The van der Waals surface area contributed by atoms with Gasteiger partial charge in [-0.1, -0.05) is 10.6 Å². The summed E-state index contributed by atoms with van der Waals surface area (Å²) in [6.07, 6.45) is 3.25. The molecule has 0 aliphatic carbocycles. The number of fused-ring (bicyclic) bond motifs is 1. The summed E-state index contributed by atoms with van der Waals surface area (Å²) in [5.74, 6) is -0.174. The van der Waals surface area contributed by atoms with Crippen molar-refractivity contribution in [3.8, 4) is 0 Å². The number of pyridine rings is 1. The lowest BCUT2D eigenvalue weighted by molar-refractivity contribution is 0.102. The second kappa shape index (κ2) is 4.50. The monoisotopic (exact) mass is 256 g/mol. The highest BCUT2D eigenvalue weighted by molar-refractivity contribution is 7.10. The fraction of sp³-hybridized carbons (Fsp3) is 0. The molecule has 0 aliphatic heterocycles. The van der Waals surface area contributed by atoms with Gasteiger partial charge in [0, 0.05) is 28.7 Å². The van der Waals surface area contributed by atoms with Crippen molar-refractivity contribution in [2.75, 3.05) is 5.32 Å². The summed E-state index contributed by atoms with van der Waals surface area (Å²) in [5.41, 5.74) is 1.46. The second-order valence-corrected chi connectivity index (χ2v) is 4.43. The van der Waals surface area contributed by atoms with E-state index in [1.165, 1.54) is 6.20 Å². The van der Waals surface area contributed by atoms with Crippen LogP contribution in [0.5, 0.6) is 0 Å². The Morgan fingerprint density at radius 2 is 2.22 bits per heavy atom. The molecule has 2 heterocycles. The molecule has 88 valence electrons. The Hall–Kier alpha value is -2.34. The minimum absolute atomic E-state index is 0.174. The Kier molecular flexibility index (Phi) is 2.70. The van der Waals surface area contributed by atoms with E-state index in [-0.39, 0.29) is 5.91 Å². The molecular formula is C12H8N4OS. The van der Waals surface area contributed by atoms with Crippen molar-refractivity contribution < 1.29 is 4.79 Å². The average molecular weight is 256 g/mol. The molecule has 1 amide bonds. The van der Waals surface area contributed by atoms with Crippen LogP contribution >= 0.6 is 11.5 Å². The van der Waals surface area contributed by atoms with Gasteiger partial charge in [-0.05, 0) is 24.3 Å². The maximum absolute atomic E-state index is 12.0. The van der Waals surface area contributed by atoms with E-state index in [2.05, 4.69) is 19.9 Å². The number of nitrogens with one attached hydrogen (secondary N) is 1. The number of benzene rings is 1. The Morgan fingerprint density at radius 1 is 1.28 bits per heavy atom. The van der Waals surface area contributed by atoms with Crippen molar-refractivity contribution >= 4 is 33.3 Å². The van der Waals surface area contributed by atoms with Crippen LogP contribution in [0.25, 0.3) is 10.9 Å². The van der Waals surface area contributed by atoms with Gasteiger partial charge in [0.1, 0.15) is 5.00 Å². The maximum atomic E-state index is 12.0. The molecule has 0 atom stereocenters. The first-order valence-corrected chi connectivity index (χ1v) is 6.04.